The minimum atomic E-state index is -0.369. The number of hydrogen-bond acceptors (Lipinski definition) is 4. The first-order valence-electron chi connectivity index (χ1n) is 5.39. The lowest BCUT2D eigenvalue weighted by Crippen LogP contribution is -2.33. The highest BCUT2D eigenvalue weighted by atomic mass is 16.3. The molecule has 0 aromatic rings. The summed E-state index contributed by atoms with van der Waals surface area (Å²) in [5.41, 5.74) is 0.704. The monoisotopic (exact) mass is 211 g/mol. The van der Waals surface area contributed by atoms with Gasteiger partial charge in [-0.2, -0.15) is 0 Å². The van der Waals surface area contributed by atoms with E-state index < -0.39 is 0 Å². The molecular formula is C11H17NO3. The number of carbonyl (C=O) groups excluding carboxylic acids is 1. The Kier molecular flexibility index (Phi) is 2.80. The van der Waals surface area contributed by atoms with Crippen LogP contribution in [-0.4, -0.2) is 47.2 Å². The molecule has 2 N–H and O–H groups in total. The number of nitrogens with zero attached hydrogens (tertiary/aromatic N) is 1. The smallest absolute Gasteiger partial charge is 0.157 e. The Bertz CT molecular complexity index is 294. The van der Waals surface area contributed by atoms with Crippen LogP contribution in [0.25, 0.3) is 0 Å². The zero-order chi connectivity index (χ0) is 10.9. The van der Waals surface area contributed by atoms with Gasteiger partial charge >= 0.3 is 0 Å². The van der Waals surface area contributed by atoms with Crippen molar-refractivity contribution < 1.29 is 15.0 Å². The maximum Gasteiger partial charge on any atom is 0.157 e. The largest absolute Gasteiger partial charge is 0.396 e. The first-order valence-corrected chi connectivity index (χ1v) is 5.39. The van der Waals surface area contributed by atoms with Crippen LogP contribution in [-0.2, 0) is 4.79 Å². The summed E-state index contributed by atoms with van der Waals surface area (Å²) in [7, 11) is 0. The van der Waals surface area contributed by atoms with Crippen molar-refractivity contribution in [2.45, 2.75) is 19.3 Å². The summed E-state index contributed by atoms with van der Waals surface area (Å²) in [4.78, 5) is 13.2. The van der Waals surface area contributed by atoms with Gasteiger partial charge in [-0.15, -0.1) is 0 Å². The Morgan fingerprint density at radius 2 is 2.07 bits per heavy atom. The predicted octanol–water partition coefficient (Wildman–Crippen LogP) is -0.0901. The Labute approximate surface area is 89.2 Å². The van der Waals surface area contributed by atoms with Crippen molar-refractivity contribution in [2.24, 2.45) is 5.41 Å². The van der Waals surface area contributed by atoms with Crippen molar-refractivity contribution in [3.05, 3.63) is 11.8 Å². The van der Waals surface area contributed by atoms with Gasteiger partial charge in [0.2, 0.25) is 0 Å². The molecule has 1 aliphatic carbocycles. The summed E-state index contributed by atoms with van der Waals surface area (Å²) in [6.07, 6.45) is 3.92. The number of likely N-dealkylation sites (tertiary alicyclic amines) is 1. The molecule has 1 heterocycles. The van der Waals surface area contributed by atoms with E-state index in [2.05, 4.69) is 4.90 Å². The van der Waals surface area contributed by atoms with Crippen LogP contribution in [0.4, 0.5) is 0 Å². The van der Waals surface area contributed by atoms with Crippen molar-refractivity contribution in [3.8, 4) is 0 Å². The number of carbonyl (C=O) groups is 1. The molecule has 0 saturated carbocycles. The van der Waals surface area contributed by atoms with Crippen LogP contribution in [0.3, 0.4) is 0 Å². The third-order valence-electron chi connectivity index (χ3n) is 3.47. The molecule has 0 amide bonds. The summed E-state index contributed by atoms with van der Waals surface area (Å²) in [6.45, 7) is 1.53. The highest BCUT2D eigenvalue weighted by Gasteiger charge is 2.38. The Morgan fingerprint density at radius 1 is 1.33 bits per heavy atom. The molecule has 4 nitrogen and oxygen atoms in total. The number of allylic oxidation sites excluding steroid dienone is 2. The van der Waals surface area contributed by atoms with Crippen molar-refractivity contribution >= 4 is 5.78 Å². The molecule has 2 aliphatic rings. The average molecular weight is 211 g/mol. The number of hydrogen-bond donors (Lipinski definition) is 2. The third-order valence-corrected chi connectivity index (χ3v) is 3.47. The highest BCUT2D eigenvalue weighted by Crippen LogP contribution is 2.34. The molecule has 0 radical (unpaired) electrons. The lowest BCUT2D eigenvalue weighted by atomic mass is 9.89. The van der Waals surface area contributed by atoms with Gasteiger partial charge in [-0.1, -0.05) is 0 Å². The molecule has 15 heavy (non-hydrogen) atoms. The van der Waals surface area contributed by atoms with E-state index in [-0.39, 0.29) is 24.4 Å². The van der Waals surface area contributed by atoms with E-state index in [1.165, 1.54) is 0 Å². The SMILES string of the molecule is O=C1C=C(N2CCC(CO)(CO)C2)CC1. The molecule has 1 fully saturated rings. The Hall–Kier alpha value is -0.870. The van der Waals surface area contributed by atoms with Gasteiger partial charge < -0.3 is 15.1 Å². The number of aliphatic hydroxyl groups is 2. The van der Waals surface area contributed by atoms with Gasteiger partial charge in [-0.25, -0.2) is 0 Å². The summed E-state index contributed by atoms with van der Waals surface area (Å²) in [5.74, 6) is 0.190. The quantitative estimate of drug-likeness (QED) is 0.685. The van der Waals surface area contributed by atoms with Crippen LogP contribution in [0.1, 0.15) is 19.3 Å². The van der Waals surface area contributed by atoms with Gasteiger partial charge in [0.05, 0.1) is 13.2 Å². The van der Waals surface area contributed by atoms with Gasteiger partial charge in [-0.3, -0.25) is 4.79 Å². The van der Waals surface area contributed by atoms with Crippen LogP contribution >= 0.6 is 0 Å². The molecule has 4 heteroatoms. The average Bonchev–Trinajstić information content (AvgIpc) is 2.84. The van der Waals surface area contributed by atoms with Gasteiger partial charge in [0.15, 0.2) is 5.78 Å². The Morgan fingerprint density at radius 3 is 2.53 bits per heavy atom. The lowest BCUT2D eigenvalue weighted by Gasteiger charge is -2.25. The van der Waals surface area contributed by atoms with Crippen LogP contribution in [0.2, 0.25) is 0 Å². The third kappa shape index (κ3) is 1.92. The molecular weight excluding hydrogens is 194 g/mol. The summed E-state index contributed by atoms with van der Waals surface area (Å²) >= 11 is 0. The first-order chi connectivity index (χ1) is 7.19. The highest BCUT2D eigenvalue weighted by molar-refractivity contribution is 5.92. The fourth-order valence-electron chi connectivity index (χ4n) is 2.32. The normalized spacial score (nSPS) is 24.8. The summed E-state index contributed by atoms with van der Waals surface area (Å²) in [5, 5.41) is 18.5. The van der Waals surface area contributed by atoms with Gasteiger partial charge in [-0.05, 0) is 12.8 Å². The summed E-state index contributed by atoms with van der Waals surface area (Å²) in [6, 6.07) is 0. The minimum absolute atomic E-state index is 0.0151. The zero-order valence-corrected chi connectivity index (χ0v) is 8.78. The second-order valence-electron chi connectivity index (χ2n) is 4.59. The van der Waals surface area contributed by atoms with E-state index in [4.69, 9.17) is 0 Å². The maximum absolute atomic E-state index is 11.1. The molecule has 0 atom stereocenters. The molecule has 84 valence electrons. The molecule has 1 saturated heterocycles. The maximum atomic E-state index is 11.1. The zero-order valence-electron chi connectivity index (χ0n) is 8.78. The summed E-state index contributed by atoms with van der Waals surface area (Å²) < 4.78 is 0. The van der Waals surface area contributed by atoms with Gasteiger partial charge in [0.1, 0.15) is 0 Å². The number of ketones is 1. The standard InChI is InChI=1S/C11H17NO3/c13-7-11(8-14)3-4-12(6-11)9-1-2-10(15)5-9/h5,13-14H,1-4,6-8H2. The second kappa shape index (κ2) is 3.94. The van der Waals surface area contributed by atoms with E-state index in [9.17, 15) is 15.0 Å². The molecule has 2 rings (SSSR count). The first kappa shape index (κ1) is 10.6. The van der Waals surface area contributed by atoms with Crippen LogP contribution < -0.4 is 0 Å². The fourth-order valence-corrected chi connectivity index (χ4v) is 2.32. The van der Waals surface area contributed by atoms with Crippen LogP contribution in [0, 0.1) is 5.41 Å². The minimum Gasteiger partial charge on any atom is -0.396 e. The molecule has 0 aromatic carbocycles. The van der Waals surface area contributed by atoms with Crippen LogP contribution in [0.15, 0.2) is 11.8 Å². The predicted molar refractivity (Wildman–Crippen MR) is 55.1 cm³/mol. The van der Waals surface area contributed by atoms with Gasteiger partial charge in [0.25, 0.3) is 0 Å². The van der Waals surface area contributed by atoms with Crippen LogP contribution in [0.5, 0.6) is 0 Å². The Balaban J connectivity index is 2.04. The number of aliphatic hydroxyl groups excluding tert-OH is 2. The second-order valence-corrected chi connectivity index (χ2v) is 4.59. The fraction of sp³-hybridized carbons (Fsp3) is 0.727. The van der Waals surface area contributed by atoms with E-state index in [1.807, 2.05) is 0 Å². The molecule has 0 unspecified atom stereocenters. The van der Waals surface area contributed by atoms with E-state index in [0.717, 1.165) is 25.1 Å². The van der Waals surface area contributed by atoms with E-state index in [1.54, 1.807) is 6.08 Å². The van der Waals surface area contributed by atoms with Crippen molar-refractivity contribution in [2.75, 3.05) is 26.3 Å². The molecule has 0 aromatic heterocycles. The molecule has 1 aliphatic heterocycles. The lowest BCUT2D eigenvalue weighted by molar-refractivity contribution is -0.114. The molecule has 0 spiro atoms. The number of rotatable bonds is 3. The topological polar surface area (TPSA) is 60.8 Å². The van der Waals surface area contributed by atoms with Crippen molar-refractivity contribution in [3.63, 3.8) is 0 Å². The molecule has 0 bridgehead atoms. The van der Waals surface area contributed by atoms with Gasteiger partial charge in [0, 0.05) is 36.7 Å². The van der Waals surface area contributed by atoms with E-state index >= 15 is 0 Å². The van der Waals surface area contributed by atoms with Crippen molar-refractivity contribution in [1.29, 1.82) is 0 Å². The van der Waals surface area contributed by atoms with Crippen molar-refractivity contribution in [1.82, 2.24) is 4.90 Å². The van der Waals surface area contributed by atoms with E-state index in [0.29, 0.717) is 13.0 Å².